The van der Waals surface area contributed by atoms with Gasteiger partial charge in [-0.2, -0.15) is 0 Å². The van der Waals surface area contributed by atoms with Crippen molar-refractivity contribution >= 4 is 11.6 Å². The van der Waals surface area contributed by atoms with Crippen LogP contribution >= 0.6 is 11.6 Å². The highest BCUT2D eigenvalue weighted by molar-refractivity contribution is 6.32. The first-order valence-electron chi connectivity index (χ1n) is 9.44. The molecule has 0 atom stereocenters. The Labute approximate surface area is 170 Å². The smallest absolute Gasteiger partial charge is 0.151 e. The number of halogens is 3. The normalized spacial score (nSPS) is 10.4. The van der Waals surface area contributed by atoms with E-state index >= 15 is 0 Å². The monoisotopic (exact) mass is 394 g/mol. The molecule has 0 spiro atoms. The second-order valence-electron chi connectivity index (χ2n) is 6.68. The van der Waals surface area contributed by atoms with Crippen LogP contribution in [-0.2, 0) is 6.42 Å². The van der Waals surface area contributed by atoms with Crippen LogP contribution in [0, 0.1) is 23.5 Å². The zero-order valence-electron chi connectivity index (χ0n) is 15.7. The molecule has 0 nitrogen and oxygen atoms in total. The second kappa shape index (κ2) is 9.53. The van der Waals surface area contributed by atoms with Gasteiger partial charge in [-0.15, -0.1) is 0 Å². The van der Waals surface area contributed by atoms with Crippen LogP contribution in [0.2, 0.25) is 5.02 Å². The number of hydrogen-bond acceptors (Lipinski definition) is 0. The Hall–Kier alpha value is -2.63. The molecule has 0 unspecified atom stereocenters. The molecule has 0 saturated carbocycles. The van der Waals surface area contributed by atoms with Gasteiger partial charge in [0.15, 0.2) is 5.82 Å². The van der Waals surface area contributed by atoms with Crippen LogP contribution in [0.25, 0.3) is 11.1 Å². The molecule has 0 fully saturated rings. The van der Waals surface area contributed by atoms with Gasteiger partial charge in [-0.3, -0.25) is 0 Å². The Morgan fingerprint density at radius 3 is 2.29 bits per heavy atom. The molecule has 3 heteroatoms. The van der Waals surface area contributed by atoms with Crippen molar-refractivity contribution in [1.82, 2.24) is 0 Å². The molecule has 0 amide bonds. The average Bonchev–Trinajstić information content (AvgIpc) is 2.72. The number of benzene rings is 3. The van der Waals surface area contributed by atoms with E-state index in [-0.39, 0.29) is 16.1 Å². The maximum Gasteiger partial charge on any atom is 0.151 e. The summed E-state index contributed by atoms with van der Waals surface area (Å²) >= 11 is 6.10. The van der Waals surface area contributed by atoms with Crippen LogP contribution in [0.5, 0.6) is 0 Å². The first-order valence-corrected chi connectivity index (χ1v) is 9.81. The van der Waals surface area contributed by atoms with E-state index in [1.165, 1.54) is 18.4 Å². The number of hydrogen-bond donors (Lipinski definition) is 0. The summed E-state index contributed by atoms with van der Waals surface area (Å²) in [6.45, 7) is 2.18. The highest BCUT2D eigenvalue weighted by Crippen LogP contribution is 2.32. The van der Waals surface area contributed by atoms with Crippen LogP contribution in [0.3, 0.4) is 0 Å². The van der Waals surface area contributed by atoms with E-state index < -0.39 is 11.6 Å². The maximum atomic E-state index is 14.7. The lowest BCUT2D eigenvalue weighted by atomic mass is 10.0. The largest absolute Gasteiger partial charge is 0.206 e. The van der Waals surface area contributed by atoms with Crippen molar-refractivity contribution < 1.29 is 8.78 Å². The number of unbranched alkanes of at least 4 members (excludes halogenated alkanes) is 2. The highest BCUT2D eigenvalue weighted by Gasteiger charge is 2.17. The Kier molecular flexibility index (Phi) is 6.85. The van der Waals surface area contributed by atoms with Crippen molar-refractivity contribution in [2.45, 2.75) is 32.6 Å². The predicted molar refractivity (Wildman–Crippen MR) is 112 cm³/mol. The van der Waals surface area contributed by atoms with Crippen LogP contribution in [-0.4, -0.2) is 0 Å². The van der Waals surface area contributed by atoms with Gasteiger partial charge in [0.05, 0.1) is 10.6 Å². The molecule has 0 aliphatic carbocycles. The van der Waals surface area contributed by atoms with E-state index in [0.717, 1.165) is 24.5 Å². The molecule has 0 radical (unpaired) electrons. The van der Waals surface area contributed by atoms with E-state index in [0.29, 0.717) is 5.56 Å². The summed E-state index contributed by atoms with van der Waals surface area (Å²) in [5, 5.41) is -0.289. The highest BCUT2D eigenvalue weighted by atomic mass is 35.5. The van der Waals surface area contributed by atoms with Crippen molar-refractivity contribution in [3.8, 4) is 23.0 Å². The third kappa shape index (κ3) is 4.80. The second-order valence-corrected chi connectivity index (χ2v) is 7.06. The van der Waals surface area contributed by atoms with Gasteiger partial charge in [-0.05, 0) is 42.2 Å². The summed E-state index contributed by atoms with van der Waals surface area (Å²) in [5.41, 5.74) is 2.57. The van der Waals surface area contributed by atoms with Gasteiger partial charge in [-0.25, -0.2) is 8.78 Å². The zero-order valence-corrected chi connectivity index (χ0v) is 16.5. The quantitative estimate of drug-likeness (QED) is 0.240. The molecule has 3 aromatic rings. The molecular weight excluding hydrogens is 374 g/mol. The fourth-order valence-corrected chi connectivity index (χ4v) is 3.25. The molecule has 0 aromatic heterocycles. The topological polar surface area (TPSA) is 0 Å². The number of rotatable bonds is 5. The van der Waals surface area contributed by atoms with E-state index in [4.69, 9.17) is 11.6 Å². The first-order chi connectivity index (χ1) is 13.6. The van der Waals surface area contributed by atoms with Crippen molar-refractivity contribution in [3.05, 3.63) is 94.0 Å². The molecule has 0 N–H and O–H groups in total. The minimum atomic E-state index is -0.662. The summed E-state index contributed by atoms with van der Waals surface area (Å²) in [4.78, 5) is 0. The van der Waals surface area contributed by atoms with E-state index in [1.54, 1.807) is 24.3 Å². The number of aryl methyl sites for hydroxylation is 1. The first kappa shape index (κ1) is 20.1. The van der Waals surface area contributed by atoms with Gasteiger partial charge in [0.1, 0.15) is 5.82 Å². The van der Waals surface area contributed by atoms with Crippen molar-refractivity contribution in [1.29, 1.82) is 0 Å². The third-order valence-electron chi connectivity index (χ3n) is 4.60. The molecule has 3 rings (SSSR count). The minimum absolute atomic E-state index is 0.120. The lowest BCUT2D eigenvalue weighted by molar-refractivity contribution is 0.600. The molecule has 28 heavy (non-hydrogen) atoms. The maximum absolute atomic E-state index is 14.7. The molecular formula is C25H21ClF2. The lowest BCUT2D eigenvalue weighted by Gasteiger charge is -2.08. The standard InChI is InChI=1S/C25H21ClF2/c1-2-3-5-8-18-11-13-19(14-12-18)15-16-21-23(27)17-22(25(28)24(21)26)20-9-6-4-7-10-20/h4,6-7,9-14,17H,2-3,5,8H2,1H3. The Morgan fingerprint density at radius 2 is 1.61 bits per heavy atom. The SMILES string of the molecule is CCCCCc1ccc(C#Cc2c(F)cc(-c3ccccc3)c(F)c2Cl)cc1. The molecule has 0 bridgehead atoms. The molecule has 142 valence electrons. The van der Waals surface area contributed by atoms with Crippen molar-refractivity contribution in [2.75, 3.05) is 0 Å². The fourth-order valence-electron chi connectivity index (χ4n) is 3.01. The van der Waals surface area contributed by atoms with Crippen molar-refractivity contribution in [2.24, 2.45) is 0 Å². The van der Waals surface area contributed by atoms with Crippen LogP contribution in [0.1, 0.15) is 42.9 Å². The lowest BCUT2D eigenvalue weighted by Crippen LogP contribution is -1.94. The van der Waals surface area contributed by atoms with E-state index in [2.05, 4.69) is 18.8 Å². The molecule has 3 aromatic carbocycles. The van der Waals surface area contributed by atoms with Gasteiger partial charge in [0, 0.05) is 11.1 Å². The van der Waals surface area contributed by atoms with Crippen LogP contribution < -0.4 is 0 Å². The van der Waals surface area contributed by atoms with Gasteiger partial charge in [0.2, 0.25) is 0 Å². The van der Waals surface area contributed by atoms with Crippen LogP contribution in [0.4, 0.5) is 8.78 Å². The molecule has 0 aliphatic rings. The van der Waals surface area contributed by atoms with Crippen LogP contribution in [0.15, 0.2) is 60.7 Å². The minimum Gasteiger partial charge on any atom is -0.206 e. The fraction of sp³-hybridized carbons (Fsp3) is 0.200. The van der Waals surface area contributed by atoms with Gasteiger partial charge in [0.25, 0.3) is 0 Å². The Morgan fingerprint density at radius 1 is 0.893 bits per heavy atom. The van der Waals surface area contributed by atoms with Crippen molar-refractivity contribution in [3.63, 3.8) is 0 Å². The summed E-state index contributed by atoms with van der Waals surface area (Å²) in [7, 11) is 0. The Bertz CT molecular complexity index is 997. The molecule has 0 saturated heterocycles. The van der Waals surface area contributed by atoms with Gasteiger partial charge >= 0.3 is 0 Å². The summed E-state index contributed by atoms with van der Waals surface area (Å²) in [6.07, 6.45) is 4.60. The zero-order chi connectivity index (χ0) is 19.9. The predicted octanol–water partition coefficient (Wildman–Crippen LogP) is 7.42. The van der Waals surface area contributed by atoms with Gasteiger partial charge in [-0.1, -0.05) is 85.7 Å². The summed E-state index contributed by atoms with van der Waals surface area (Å²) < 4.78 is 29.3. The Balaban J connectivity index is 1.85. The summed E-state index contributed by atoms with van der Waals surface area (Å²) in [5.74, 6) is 4.28. The van der Waals surface area contributed by atoms with E-state index in [1.807, 2.05) is 30.3 Å². The molecule has 0 aliphatic heterocycles. The van der Waals surface area contributed by atoms with Gasteiger partial charge < -0.3 is 0 Å². The average molecular weight is 395 g/mol. The van der Waals surface area contributed by atoms with E-state index in [9.17, 15) is 8.78 Å². The summed E-state index contributed by atoms with van der Waals surface area (Å²) in [6, 6.07) is 17.8. The third-order valence-corrected chi connectivity index (χ3v) is 4.95. The molecule has 0 heterocycles.